The molecule has 0 aliphatic carbocycles. The van der Waals surface area contributed by atoms with Crippen LogP contribution in [0.5, 0.6) is 5.75 Å². The van der Waals surface area contributed by atoms with E-state index in [4.69, 9.17) is 14.3 Å². The maximum absolute atomic E-state index is 13.2. The second-order valence-electron chi connectivity index (χ2n) is 7.45. The first-order valence-electron chi connectivity index (χ1n) is 10.4. The Hall–Kier alpha value is -2.32. The SMILES string of the molecule is CCCCc1oc2ccccc2c1C(=O)Nc1ccc2c(Br)c(OCC(=O)O)ccc2c1.[Na]. The Morgan fingerprint density at radius 1 is 1.09 bits per heavy atom. The van der Waals surface area contributed by atoms with Crippen molar-refractivity contribution in [1.82, 2.24) is 0 Å². The summed E-state index contributed by atoms with van der Waals surface area (Å²) in [7, 11) is 0. The van der Waals surface area contributed by atoms with Crippen LogP contribution in [0.15, 0.2) is 63.5 Å². The summed E-state index contributed by atoms with van der Waals surface area (Å²) in [5, 5.41) is 14.4. The Morgan fingerprint density at radius 2 is 1.88 bits per heavy atom. The van der Waals surface area contributed by atoms with Gasteiger partial charge < -0.3 is 19.6 Å². The number of aliphatic carboxylic acids is 1. The van der Waals surface area contributed by atoms with Crippen LogP contribution < -0.4 is 10.1 Å². The van der Waals surface area contributed by atoms with Gasteiger partial charge in [-0.25, -0.2) is 4.79 Å². The fraction of sp³-hybridized carbons (Fsp3) is 0.200. The van der Waals surface area contributed by atoms with Gasteiger partial charge in [-0.05, 0) is 57.4 Å². The Morgan fingerprint density at radius 3 is 2.64 bits per heavy atom. The Labute approximate surface area is 221 Å². The summed E-state index contributed by atoms with van der Waals surface area (Å²) in [6, 6.07) is 16.6. The van der Waals surface area contributed by atoms with Gasteiger partial charge in [0.2, 0.25) is 0 Å². The molecule has 165 valence electrons. The molecule has 4 rings (SSSR count). The second kappa shape index (κ2) is 11.2. The molecular formula is C25H22BrNNaO5. The number of carbonyl (C=O) groups is 2. The number of hydrogen-bond donors (Lipinski definition) is 2. The van der Waals surface area contributed by atoms with Gasteiger partial charge in [-0.2, -0.15) is 0 Å². The first-order chi connectivity index (χ1) is 15.5. The third-order valence-electron chi connectivity index (χ3n) is 5.18. The van der Waals surface area contributed by atoms with Gasteiger partial charge in [0, 0.05) is 47.1 Å². The number of fused-ring (bicyclic) bond motifs is 2. The van der Waals surface area contributed by atoms with Crippen LogP contribution in [-0.4, -0.2) is 53.1 Å². The molecule has 0 atom stereocenters. The number of ether oxygens (including phenoxy) is 1. The molecule has 1 radical (unpaired) electrons. The summed E-state index contributed by atoms with van der Waals surface area (Å²) >= 11 is 3.48. The average Bonchev–Trinajstić information content (AvgIpc) is 3.15. The molecule has 4 aromatic rings. The number of anilines is 1. The van der Waals surface area contributed by atoms with E-state index in [1.165, 1.54) is 0 Å². The molecule has 2 N–H and O–H groups in total. The largest absolute Gasteiger partial charge is 0.481 e. The predicted molar refractivity (Wildman–Crippen MR) is 133 cm³/mol. The fourth-order valence-corrected chi connectivity index (χ4v) is 4.26. The monoisotopic (exact) mass is 518 g/mol. The number of unbranched alkanes of at least 4 members (excludes halogenated alkanes) is 1. The summed E-state index contributed by atoms with van der Waals surface area (Å²) in [4.78, 5) is 24.0. The molecular weight excluding hydrogens is 497 g/mol. The van der Waals surface area contributed by atoms with Gasteiger partial charge >= 0.3 is 5.97 Å². The Kier molecular flexibility index (Phi) is 8.59. The number of benzene rings is 3. The van der Waals surface area contributed by atoms with Crippen molar-refractivity contribution in [2.45, 2.75) is 26.2 Å². The van der Waals surface area contributed by atoms with E-state index in [1.807, 2.05) is 42.5 Å². The average molecular weight is 519 g/mol. The minimum atomic E-state index is -1.04. The number of hydrogen-bond acceptors (Lipinski definition) is 4. The molecule has 1 aromatic heterocycles. The molecule has 6 nitrogen and oxygen atoms in total. The van der Waals surface area contributed by atoms with Crippen LogP contribution in [0.25, 0.3) is 21.7 Å². The summed E-state index contributed by atoms with van der Waals surface area (Å²) in [5.41, 5.74) is 1.94. The van der Waals surface area contributed by atoms with E-state index in [0.717, 1.165) is 29.0 Å². The number of amides is 1. The number of carboxylic acid groups (broad SMARTS) is 1. The molecule has 1 amide bonds. The molecule has 0 saturated heterocycles. The standard InChI is InChI=1S/C25H22BrNO5.Na/c1-2-3-7-20-23(18-6-4-5-8-19(18)32-20)25(30)27-16-10-11-17-15(13-16)9-12-21(24(17)26)31-14-22(28)29;/h4-6,8-13H,2-3,7,14H2,1H3,(H,27,30)(H,28,29);. The van der Waals surface area contributed by atoms with E-state index >= 15 is 0 Å². The van der Waals surface area contributed by atoms with Crippen LogP contribution in [0.3, 0.4) is 0 Å². The van der Waals surface area contributed by atoms with Crippen molar-refractivity contribution in [3.8, 4) is 5.75 Å². The van der Waals surface area contributed by atoms with Gasteiger partial charge in [-0.15, -0.1) is 0 Å². The number of halogens is 1. The van der Waals surface area contributed by atoms with Crippen molar-refractivity contribution >= 4 is 84.8 Å². The van der Waals surface area contributed by atoms with Gasteiger partial charge in [0.05, 0.1) is 10.0 Å². The Balaban J connectivity index is 0.00000306. The molecule has 0 aliphatic rings. The van der Waals surface area contributed by atoms with Crippen LogP contribution in [-0.2, 0) is 11.2 Å². The second-order valence-corrected chi connectivity index (χ2v) is 8.24. The molecule has 33 heavy (non-hydrogen) atoms. The third-order valence-corrected chi connectivity index (χ3v) is 6.00. The van der Waals surface area contributed by atoms with Crippen molar-refractivity contribution in [2.75, 3.05) is 11.9 Å². The van der Waals surface area contributed by atoms with E-state index in [0.29, 0.717) is 39.2 Å². The van der Waals surface area contributed by atoms with Gasteiger partial charge in [-0.3, -0.25) is 4.79 Å². The van der Waals surface area contributed by atoms with Crippen molar-refractivity contribution in [3.63, 3.8) is 0 Å². The van der Waals surface area contributed by atoms with Crippen LogP contribution in [0.4, 0.5) is 5.69 Å². The number of rotatable bonds is 8. The van der Waals surface area contributed by atoms with Crippen molar-refractivity contribution in [1.29, 1.82) is 0 Å². The predicted octanol–water partition coefficient (Wildman–Crippen LogP) is 6.03. The van der Waals surface area contributed by atoms with Gasteiger partial charge in [0.1, 0.15) is 17.1 Å². The van der Waals surface area contributed by atoms with Gasteiger partial charge in [0.15, 0.2) is 6.61 Å². The zero-order valence-electron chi connectivity index (χ0n) is 18.5. The van der Waals surface area contributed by atoms with E-state index in [1.54, 1.807) is 12.1 Å². The molecule has 0 aliphatic heterocycles. The smallest absolute Gasteiger partial charge is 0.341 e. The van der Waals surface area contributed by atoms with Crippen LogP contribution in [0, 0.1) is 0 Å². The van der Waals surface area contributed by atoms with E-state index < -0.39 is 12.6 Å². The number of furan rings is 1. The molecule has 0 fully saturated rings. The molecule has 0 unspecified atom stereocenters. The fourth-order valence-electron chi connectivity index (χ4n) is 3.65. The summed E-state index contributed by atoms with van der Waals surface area (Å²) in [5.74, 6) is -0.0996. The zero-order chi connectivity index (χ0) is 22.7. The summed E-state index contributed by atoms with van der Waals surface area (Å²) in [6.07, 6.45) is 2.66. The third kappa shape index (κ3) is 5.61. The molecule has 8 heteroatoms. The summed E-state index contributed by atoms with van der Waals surface area (Å²) in [6.45, 7) is 1.69. The van der Waals surface area contributed by atoms with Crippen molar-refractivity contribution < 1.29 is 23.8 Å². The molecule has 0 saturated carbocycles. The normalized spacial score (nSPS) is 10.7. The Bertz CT molecular complexity index is 1320. The number of aryl methyl sites for hydroxylation is 1. The number of nitrogens with one attached hydrogen (secondary N) is 1. The number of carbonyl (C=O) groups excluding carboxylic acids is 1. The van der Waals surface area contributed by atoms with E-state index in [9.17, 15) is 9.59 Å². The van der Waals surface area contributed by atoms with Crippen molar-refractivity contribution in [3.05, 3.63) is 70.4 Å². The van der Waals surface area contributed by atoms with E-state index in [-0.39, 0.29) is 35.5 Å². The van der Waals surface area contributed by atoms with Gasteiger partial charge in [0.25, 0.3) is 5.91 Å². The van der Waals surface area contributed by atoms with Gasteiger partial charge in [-0.1, -0.05) is 43.7 Å². The van der Waals surface area contributed by atoms with Crippen molar-refractivity contribution in [2.24, 2.45) is 0 Å². The molecule has 0 spiro atoms. The van der Waals surface area contributed by atoms with Crippen LogP contribution in [0.2, 0.25) is 0 Å². The first-order valence-corrected chi connectivity index (χ1v) is 11.2. The van der Waals surface area contributed by atoms with Crippen LogP contribution in [0.1, 0.15) is 35.9 Å². The molecule has 0 bridgehead atoms. The molecule has 1 heterocycles. The minimum absolute atomic E-state index is 0. The number of para-hydroxylation sites is 1. The maximum Gasteiger partial charge on any atom is 0.341 e. The quantitative estimate of drug-likeness (QED) is 0.278. The topological polar surface area (TPSA) is 88.8 Å². The van der Waals surface area contributed by atoms with Crippen LogP contribution >= 0.6 is 15.9 Å². The summed E-state index contributed by atoms with van der Waals surface area (Å²) < 4.78 is 11.9. The zero-order valence-corrected chi connectivity index (χ0v) is 22.1. The van der Waals surface area contributed by atoms with E-state index in [2.05, 4.69) is 28.2 Å². The maximum atomic E-state index is 13.2. The minimum Gasteiger partial charge on any atom is -0.481 e. The number of carboxylic acids is 1. The first kappa shape index (κ1) is 25.3. The molecule has 3 aromatic carbocycles.